The van der Waals surface area contributed by atoms with E-state index in [1.165, 1.54) is 0 Å². The van der Waals surface area contributed by atoms with Crippen molar-refractivity contribution in [3.63, 3.8) is 0 Å². The molecule has 0 aliphatic carbocycles. The van der Waals surface area contributed by atoms with E-state index < -0.39 is 0 Å². The first-order chi connectivity index (χ1) is 11.7. The average Bonchev–Trinajstić information content (AvgIpc) is 3.34. The zero-order chi connectivity index (χ0) is 16.5. The van der Waals surface area contributed by atoms with Crippen molar-refractivity contribution in [3.05, 3.63) is 42.5 Å². The Balaban J connectivity index is 1.57. The minimum atomic E-state index is -0.0674. The molecule has 2 aromatic heterocycles. The van der Waals surface area contributed by atoms with Crippen LogP contribution in [0.4, 0.5) is 0 Å². The normalized spacial score (nSPS) is 17.2. The summed E-state index contributed by atoms with van der Waals surface area (Å²) in [6, 6.07) is 7.86. The third kappa shape index (κ3) is 2.52. The second kappa shape index (κ2) is 5.81. The number of nitriles is 1. The molecule has 24 heavy (non-hydrogen) atoms. The standard InChI is InChI=1S/C17H16N6O/c1-22-10-14(9-19-22)12-4-6-13(7-5-12)17-20-16(21-24-17)15-3-2-8-23(15)11-18/h4-7,9-10,15H,2-3,8H2,1H3. The Morgan fingerprint density at radius 2 is 2.00 bits per heavy atom. The maximum atomic E-state index is 9.15. The van der Waals surface area contributed by atoms with Gasteiger partial charge < -0.3 is 4.52 Å². The van der Waals surface area contributed by atoms with Crippen LogP contribution >= 0.6 is 0 Å². The lowest BCUT2D eigenvalue weighted by Gasteiger charge is -2.13. The second-order valence-corrected chi connectivity index (χ2v) is 5.89. The molecule has 3 heterocycles. The molecule has 0 radical (unpaired) electrons. The molecule has 7 heteroatoms. The van der Waals surface area contributed by atoms with Gasteiger partial charge in [0.15, 0.2) is 12.0 Å². The Morgan fingerprint density at radius 1 is 1.21 bits per heavy atom. The van der Waals surface area contributed by atoms with E-state index in [2.05, 4.69) is 21.4 Å². The Hall–Kier alpha value is -3.14. The van der Waals surface area contributed by atoms with E-state index >= 15 is 0 Å². The molecule has 1 aliphatic heterocycles. The van der Waals surface area contributed by atoms with Crippen LogP contribution in [0.15, 0.2) is 41.2 Å². The third-order valence-corrected chi connectivity index (χ3v) is 4.29. The molecule has 1 fully saturated rings. The molecular formula is C17H16N6O. The summed E-state index contributed by atoms with van der Waals surface area (Å²) in [5.41, 5.74) is 3.01. The Morgan fingerprint density at radius 3 is 2.71 bits per heavy atom. The smallest absolute Gasteiger partial charge is 0.257 e. The van der Waals surface area contributed by atoms with Crippen LogP contribution in [0.5, 0.6) is 0 Å². The fourth-order valence-corrected chi connectivity index (χ4v) is 3.02. The van der Waals surface area contributed by atoms with Crippen molar-refractivity contribution in [2.45, 2.75) is 18.9 Å². The van der Waals surface area contributed by atoms with Gasteiger partial charge >= 0.3 is 0 Å². The van der Waals surface area contributed by atoms with Crippen LogP contribution in [-0.4, -0.2) is 31.4 Å². The van der Waals surface area contributed by atoms with Gasteiger partial charge in [0.25, 0.3) is 5.89 Å². The summed E-state index contributed by atoms with van der Waals surface area (Å²) in [5, 5.41) is 17.4. The molecule has 0 saturated carbocycles. The molecule has 120 valence electrons. The number of likely N-dealkylation sites (tertiary alicyclic amines) is 1. The van der Waals surface area contributed by atoms with E-state index in [0.29, 0.717) is 11.7 Å². The maximum Gasteiger partial charge on any atom is 0.257 e. The van der Waals surface area contributed by atoms with Crippen LogP contribution in [0.2, 0.25) is 0 Å². The van der Waals surface area contributed by atoms with Gasteiger partial charge in [0.05, 0.1) is 6.20 Å². The van der Waals surface area contributed by atoms with Crippen LogP contribution in [-0.2, 0) is 7.05 Å². The van der Waals surface area contributed by atoms with Gasteiger partial charge in [0.2, 0.25) is 0 Å². The SMILES string of the molecule is Cn1cc(-c2ccc(-c3nc(C4CCCN4C#N)no3)cc2)cn1. The summed E-state index contributed by atoms with van der Waals surface area (Å²) in [5.74, 6) is 1.06. The molecule has 1 aliphatic rings. The highest BCUT2D eigenvalue weighted by Gasteiger charge is 2.29. The highest BCUT2D eigenvalue weighted by Crippen LogP contribution is 2.31. The topological polar surface area (TPSA) is 83.8 Å². The lowest BCUT2D eigenvalue weighted by atomic mass is 10.1. The molecule has 0 bridgehead atoms. The summed E-state index contributed by atoms with van der Waals surface area (Å²) in [4.78, 5) is 6.19. The first-order valence-corrected chi connectivity index (χ1v) is 7.84. The van der Waals surface area contributed by atoms with Crippen molar-refractivity contribution in [2.75, 3.05) is 6.54 Å². The zero-order valence-corrected chi connectivity index (χ0v) is 13.3. The predicted octanol–water partition coefficient (Wildman–Crippen LogP) is 2.76. The van der Waals surface area contributed by atoms with Gasteiger partial charge in [-0.2, -0.15) is 15.3 Å². The molecule has 0 N–H and O–H groups in total. The Kier molecular flexibility index (Phi) is 3.50. The van der Waals surface area contributed by atoms with Gasteiger partial charge in [-0.1, -0.05) is 17.3 Å². The molecule has 1 atom stereocenters. The van der Waals surface area contributed by atoms with E-state index in [-0.39, 0.29) is 6.04 Å². The summed E-state index contributed by atoms with van der Waals surface area (Å²) in [7, 11) is 1.89. The van der Waals surface area contributed by atoms with E-state index in [9.17, 15) is 0 Å². The first kappa shape index (κ1) is 14.5. The highest BCUT2D eigenvalue weighted by atomic mass is 16.5. The van der Waals surface area contributed by atoms with Crippen molar-refractivity contribution < 1.29 is 4.52 Å². The lowest BCUT2D eigenvalue weighted by molar-refractivity contribution is 0.339. The molecule has 0 spiro atoms. The summed E-state index contributed by atoms with van der Waals surface area (Å²) >= 11 is 0. The number of benzene rings is 1. The maximum absolute atomic E-state index is 9.15. The van der Waals surface area contributed by atoms with Crippen molar-refractivity contribution in [3.8, 4) is 28.8 Å². The summed E-state index contributed by atoms with van der Waals surface area (Å²) < 4.78 is 7.17. The van der Waals surface area contributed by atoms with Crippen LogP contribution in [0.1, 0.15) is 24.7 Å². The number of nitrogens with zero attached hydrogens (tertiary/aromatic N) is 6. The van der Waals surface area contributed by atoms with Gasteiger partial charge in [-0.3, -0.25) is 9.58 Å². The second-order valence-electron chi connectivity index (χ2n) is 5.89. The van der Waals surface area contributed by atoms with Crippen LogP contribution in [0.3, 0.4) is 0 Å². The van der Waals surface area contributed by atoms with Crippen molar-refractivity contribution in [2.24, 2.45) is 7.05 Å². The molecule has 1 unspecified atom stereocenters. The molecule has 3 aromatic rings. The fourth-order valence-electron chi connectivity index (χ4n) is 3.02. The third-order valence-electron chi connectivity index (χ3n) is 4.29. The minimum absolute atomic E-state index is 0.0674. The fraction of sp³-hybridized carbons (Fsp3) is 0.294. The highest BCUT2D eigenvalue weighted by molar-refractivity contribution is 5.66. The molecule has 0 amide bonds. The number of aryl methyl sites for hydroxylation is 1. The van der Waals surface area contributed by atoms with E-state index in [4.69, 9.17) is 9.78 Å². The minimum Gasteiger partial charge on any atom is -0.334 e. The number of aromatic nitrogens is 4. The van der Waals surface area contributed by atoms with Gasteiger partial charge in [-0.05, 0) is 30.5 Å². The van der Waals surface area contributed by atoms with Gasteiger partial charge in [-0.15, -0.1) is 0 Å². The number of hydrogen-bond donors (Lipinski definition) is 0. The number of rotatable bonds is 3. The Bertz CT molecular complexity index is 888. The predicted molar refractivity (Wildman–Crippen MR) is 86.2 cm³/mol. The zero-order valence-electron chi connectivity index (χ0n) is 13.3. The number of hydrogen-bond acceptors (Lipinski definition) is 6. The quantitative estimate of drug-likeness (QED) is 0.690. The largest absolute Gasteiger partial charge is 0.334 e. The van der Waals surface area contributed by atoms with E-state index in [1.807, 2.05) is 43.7 Å². The van der Waals surface area contributed by atoms with Crippen molar-refractivity contribution >= 4 is 0 Å². The van der Waals surface area contributed by atoms with E-state index in [1.54, 1.807) is 9.58 Å². The van der Waals surface area contributed by atoms with Crippen molar-refractivity contribution in [1.82, 2.24) is 24.8 Å². The van der Waals surface area contributed by atoms with Crippen LogP contribution < -0.4 is 0 Å². The van der Waals surface area contributed by atoms with Crippen molar-refractivity contribution in [1.29, 1.82) is 5.26 Å². The van der Waals surface area contributed by atoms with Crippen LogP contribution in [0, 0.1) is 11.5 Å². The Labute approximate surface area is 139 Å². The lowest BCUT2D eigenvalue weighted by Crippen LogP contribution is -2.17. The average molecular weight is 320 g/mol. The first-order valence-electron chi connectivity index (χ1n) is 7.84. The molecular weight excluding hydrogens is 304 g/mol. The van der Waals surface area contributed by atoms with Gasteiger partial charge in [0.1, 0.15) is 6.04 Å². The van der Waals surface area contributed by atoms with Gasteiger partial charge in [0, 0.05) is 30.9 Å². The monoisotopic (exact) mass is 320 g/mol. The van der Waals surface area contributed by atoms with E-state index in [0.717, 1.165) is 36.1 Å². The molecule has 1 aromatic carbocycles. The molecule has 4 rings (SSSR count). The van der Waals surface area contributed by atoms with Gasteiger partial charge in [-0.25, -0.2) is 0 Å². The molecule has 7 nitrogen and oxygen atoms in total. The summed E-state index contributed by atoms with van der Waals surface area (Å²) in [6.45, 7) is 0.755. The van der Waals surface area contributed by atoms with Crippen LogP contribution in [0.25, 0.3) is 22.6 Å². The summed E-state index contributed by atoms with van der Waals surface area (Å²) in [6.07, 6.45) is 7.85. The molecule has 1 saturated heterocycles.